The third kappa shape index (κ3) is 2.73. The third-order valence-electron chi connectivity index (χ3n) is 1.67. The van der Waals surface area contributed by atoms with Crippen molar-refractivity contribution in [2.24, 2.45) is 0 Å². The first-order chi connectivity index (χ1) is 6.80. The van der Waals surface area contributed by atoms with Gasteiger partial charge in [0.05, 0.1) is 0 Å². The Hall–Kier alpha value is -1.58. The lowest BCUT2D eigenvalue weighted by Crippen LogP contribution is -2.03. The first-order valence-corrected chi connectivity index (χ1v) is 4.59. The molecule has 0 unspecified atom stereocenters. The first kappa shape index (κ1) is 10.5. The molecule has 0 aliphatic rings. The lowest BCUT2D eigenvalue weighted by atomic mass is 10.4. The maximum atomic E-state index is 5.33. The molecule has 1 aromatic heterocycles. The summed E-state index contributed by atoms with van der Waals surface area (Å²) in [5, 5.41) is 2.96. The average Bonchev–Trinajstić information content (AvgIpc) is 2.25. The van der Waals surface area contributed by atoms with Crippen LogP contribution in [0.2, 0.25) is 0 Å². The number of hydrogen-bond acceptors (Lipinski definition) is 4. The van der Waals surface area contributed by atoms with E-state index >= 15 is 0 Å². The van der Waals surface area contributed by atoms with Crippen LogP contribution in [0.4, 0.5) is 5.82 Å². The van der Waals surface area contributed by atoms with Crippen molar-refractivity contribution >= 4 is 5.82 Å². The van der Waals surface area contributed by atoms with E-state index in [0.29, 0.717) is 12.5 Å². The van der Waals surface area contributed by atoms with Crippen molar-refractivity contribution in [3.8, 4) is 5.88 Å². The van der Waals surface area contributed by atoms with Gasteiger partial charge in [-0.1, -0.05) is 19.6 Å². The second kappa shape index (κ2) is 5.21. The second-order valence-electron chi connectivity index (χ2n) is 2.71. The van der Waals surface area contributed by atoms with Gasteiger partial charge in [0.1, 0.15) is 18.2 Å². The Morgan fingerprint density at radius 2 is 2.36 bits per heavy atom. The van der Waals surface area contributed by atoms with Gasteiger partial charge in [-0.15, -0.1) is 0 Å². The SMILES string of the molecule is C=CCOc1cc(NC)nc(CC)n1. The van der Waals surface area contributed by atoms with Crippen LogP contribution in [0.15, 0.2) is 18.7 Å². The smallest absolute Gasteiger partial charge is 0.219 e. The molecule has 0 saturated carbocycles. The molecule has 1 N–H and O–H groups in total. The molecule has 4 nitrogen and oxygen atoms in total. The predicted molar refractivity (Wildman–Crippen MR) is 56.6 cm³/mol. The van der Waals surface area contributed by atoms with E-state index in [0.717, 1.165) is 18.1 Å². The van der Waals surface area contributed by atoms with Gasteiger partial charge in [0.15, 0.2) is 0 Å². The topological polar surface area (TPSA) is 47.0 Å². The summed E-state index contributed by atoms with van der Waals surface area (Å²) in [7, 11) is 1.82. The van der Waals surface area contributed by atoms with Gasteiger partial charge < -0.3 is 10.1 Å². The van der Waals surface area contributed by atoms with Gasteiger partial charge in [0.25, 0.3) is 0 Å². The molecule has 1 aromatic rings. The van der Waals surface area contributed by atoms with Crippen LogP contribution in [-0.4, -0.2) is 23.6 Å². The van der Waals surface area contributed by atoms with E-state index < -0.39 is 0 Å². The molecule has 0 aromatic carbocycles. The van der Waals surface area contributed by atoms with E-state index in [4.69, 9.17) is 4.74 Å². The van der Waals surface area contributed by atoms with E-state index in [1.165, 1.54) is 0 Å². The van der Waals surface area contributed by atoms with E-state index in [1.54, 1.807) is 12.1 Å². The van der Waals surface area contributed by atoms with Crippen LogP contribution in [0.25, 0.3) is 0 Å². The van der Waals surface area contributed by atoms with Crippen molar-refractivity contribution in [1.29, 1.82) is 0 Å². The summed E-state index contributed by atoms with van der Waals surface area (Å²) in [6.45, 7) is 6.04. The summed E-state index contributed by atoms with van der Waals surface area (Å²) in [4.78, 5) is 8.47. The fraction of sp³-hybridized carbons (Fsp3) is 0.400. The number of nitrogens with zero attached hydrogens (tertiary/aromatic N) is 2. The largest absolute Gasteiger partial charge is 0.473 e. The number of nitrogens with one attached hydrogen (secondary N) is 1. The molecule has 0 atom stereocenters. The molecule has 0 saturated heterocycles. The Bertz CT molecular complexity index is 290. The summed E-state index contributed by atoms with van der Waals surface area (Å²) in [5.41, 5.74) is 0. The Morgan fingerprint density at radius 1 is 1.57 bits per heavy atom. The minimum Gasteiger partial charge on any atom is -0.473 e. The number of ether oxygens (including phenoxy) is 1. The fourth-order valence-corrected chi connectivity index (χ4v) is 0.977. The van der Waals surface area contributed by atoms with Crippen LogP contribution in [0.3, 0.4) is 0 Å². The minimum atomic E-state index is 0.462. The highest BCUT2D eigenvalue weighted by Crippen LogP contribution is 2.13. The zero-order valence-electron chi connectivity index (χ0n) is 8.58. The highest BCUT2D eigenvalue weighted by atomic mass is 16.5. The van der Waals surface area contributed by atoms with Gasteiger partial charge in [-0.05, 0) is 0 Å². The highest BCUT2D eigenvalue weighted by molar-refractivity contribution is 5.37. The summed E-state index contributed by atoms with van der Waals surface area (Å²) < 4.78 is 5.33. The molecular formula is C10H15N3O. The monoisotopic (exact) mass is 193 g/mol. The van der Waals surface area contributed by atoms with Crippen molar-refractivity contribution in [3.63, 3.8) is 0 Å². The summed E-state index contributed by atoms with van der Waals surface area (Å²) >= 11 is 0. The summed E-state index contributed by atoms with van der Waals surface area (Å²) in [5.74, 6) is 2.13. The van der Waals surface area contributed by atoms with Crippen molar-refractivity contribution in [2.75, 3.05) is 19.0 Å². The van der Waals surface area contributed by atoms with E-state index in [1.807, 2.05) is 14.0 Å². The number of anilines is 1. The summed E-state index contributed by atoms with van der Waals surface area (Å²) in [6.07, 6.45) is 2.48. The molecule has 14 heavy (non-hydrogen) atoms. The molecule has 0 radical (unpaired) electrons. The molecule has 1 heterocycles. The molecule has 0 fully saturated rings. The predicted octanol–water partition coefficient (Wildman–Crippen LogP) is 1.65. The van der Waals surface area contributed by atoms with Crippen LogP contribution in [0.5, 0.6) is 5.88 Å². The molecular weight excluding hydrogens is 178 g/mol. The number of hydrogen-bond donors (Lipinski definition) is 1. The van der Waals surface area contributed by atoms with Gasteiger partial charge in [-0.3, -0.25) is 0 Å². The molecule has 76 valence electrons. The molecule has 4 heteroatoms. The fourth-order valence-electron chi connectivity index (χ4n) is 0.977. The van der Waals surface area contributed by atoms with E-state index in [2.05, 4.69) is 21.9 Å². The van der Waals surface area contributed by atoms with Gasteiger partial charge in [0.2, 0.25) is 5.88 Å². The Labute approximate surface area is 84.0 Å². The van der Waals surface area contributed by atoms with Crippen molar-refractivity contribution in [3.05, 3.63) is 24.5 Å². The van der Waals surface area contributed by atoms with E-state index in [9.17, 15) is 0 Å². The van der Waals surface area contributed by atoms with Gasteiger partial charge in [0, 0.05) is 19.5 Å². The van der Waals surface area contributed by atoms with Crippen molar-refractivity contribution < 1.29 is 4.74 Å². The lowest BCUT2D eigenvalue weighted by Gasteiger charge is -2.06. The van der Waals surface area contributed by atoms with Gasteiger partial charge >= 0.3 is 0 Å². The maximum Gasteiger partial charge on any atom is 0.219 e. The van der Waals surface area contributed by atoms with Crippen molar-refractivity contribution in [2.45, 2.75) is 13.3 Å². The molecule has 0 bridgehead atoms. The van der Waals surface area contributed by atoms with Crippen LogP contribution in [-0.2, 0) is 6.42 Å². The zero-order chi connectivity index (χ0) is 10.4. The average molecular weight is 193 g/mol. The quantitative estimate of drug-likeness (QED) is 0.722. The number of aromatic nitrogens is 2. The molecule has 0 aliphatic carbocycles. The van der Waals surface area contributed by atoms with Crippen LogP contribution < -0.4 is 10.1 Å². The first-order valence-electron chi connectivity index (χ1n) is 4.59. The van der Waals surface area contributed by atoms with Crippen LogP contribution >= 0.6 is 0 Å². The Balaban J connectivity index is 2.86. The van der Waals surface area contributed by atoms with Gasteiger partial charge in [-0.25, -0.2) is 4.98 Å². The lowest BCUT2D eigenvalue weighted by molar-refractivity contribution is 0.347. The van der Waals surface area contributed by atoms with Gasteiger partial charge in [-0.2, -0.15) is 4.98 Å². The summed E-state index contributed by atoms with van der Waals surface area (Å²) in [6, 6.07) is 1.77. The van der Waals surface area contributed by atoms with Crippen molar-refractivity contribution in [1.82, 2.24) is 9.97 Å². The highest BCUT2D eigenvalue weighted by Gasteiger charge is 2.02. The van der Waals surface area contributed by atoms with Crippen LogP contribution in [0, 0.1) is 0 Å². The second-order valence-corrected chi connectivity index (χ2v) is 2.71. The third-order valence-corrected chi connectivity index (χ3v) is 1.67. The standard InChI is InChI=1S/C10H15N3O/c1-4-6-14-10-7-9(11-3)12-8(5-2)13-10/h4,7H,1,5-6H2,2-3H3,(H,11,12,13). The molecule has 0 aliphatic heterocycles. The van der Waals surface area contributed by atoms with E-state index in [-0.39, 0.29) is 0 Å². The number of aryl methyl sites for hydroxylation is 1. The molecule has 0 spiro atoms. The number of rotatable bonds is 5. The minimum absolute atomic E-state index is 0.462. The molecule has 1 rings (SSSR count). The maximum absolute atomic E-state index is 5.33. The van der Waals surface area contributed by atoms with Crippen LogP contribution in [0.1, 0.15) is 12.7 Å². The zero-order valence-corrected chi connectivity index (χ0v) is 8.58. The Morgan fingerprint density at radius 3 is 2.93 bits per heavy atom. The normalized spacial score (nSPS) is 9.57. The molecule has 0 amide bonds. The Kier molecular flexibility index (Phi) is 3.91.